The first-order valence-corrected chi connectivity index (χ1v) is 8.78. The second-order valence-corrected chi connectivity index (χ2v) is 6.67. The molecule has 2 aromatic carbocycles. The van der Waals surface area contributed by atoms with Crippen LogP contribution in [0.4, 0.5) is 4.79 Å². The fourth-order valence-electron chi connectivity index (χ4n) is 2.78. The number of fused-ring (bicyclic) bond motifs is 1. The summed E-state index contributed by atoms with van der Waals surface area (Å²) < 4.78 is 5.13. The maximum Gasteiger partial charge on any atom is 0.408 e. The van der Waals surface area contributed by atoms with Gasteiger partial charge < -0.3 is 20.1 Å². The van der Waals surface area contributed by atoms with Crippen LogP contribution in [0.25, 0.3) is 10.9 Å². The van der Waals surface area contributed by atoms with E-state index >= 15 is 0 Å². The minimum Gasteiger partial charge on any atom is -0.480 e. The highest BCUT2D eigenvalue weighted by Crippen LogP contribution is 2.20. The first-order valence-electron chi connectivity index (χ1n) is 8.40. The third-order valence-corrected chi connectivity index (χ3v) is 4.70. The van der Waals surface area contributed by atoms with Crippen LogP contribution in [-0.2, 0) is 22.6 Å². The second-order valence-electron chi connectivity index (χ2n) is 6.26. The number of hydrogen-bond donors (Lipinski definition) is 3. The SMILES string of the molecule is Cc1ccc(COC(=O)N[C@@H](Cc2c[nH]c3ccccc23)C(=O)O)cc1Cl. The first-order chi connectivity index (χ1) is 12.9. The molecule has 0 aliphatic carbocycles. The molecule has 0 aliphatic heterocycles. The molecule has 7 heteroatoms. The van der Waals surface area contributed by atoms with Crippen molar-refractivity contribution in [3.8, 4) is 0 Å². The molecular weight excluding hydrogens is 368 g/mol. The van der Waals surface area contributed by atoms with Crippen LogP contribution < -0.4 is 5.32 Å². The molecule has 3 aromatic rings. The summed E-state index contributed by atoms with van der Waals surface area (Å²) in [6.07, 6.45) is 1.10. The number of rotatable bonds is 6. The van der Waals surface area contributed by atoms with Gasteiger partial charge in [-0.15, -0.1) is 0 Å². The summed E-state index contributed by atoms with van der Waals surface area (Å²) in [5.41, 5.74) is 3.37. The van der Waals surface area contributed by atoms with Crippen molar-refractivity contribution in [2.24, 2.45) is 0 Å². The maximum atomic E-state index is 12.0. The molecule has 3 rings (SSSR count). The number of carbonyl (C=O) groups is 2. The zero-order valence-corrected chi connectivity index (χ0v) is 15.4. The van der Waals surface area contributed by atoms with Gasteiger partial charge in [0.1, 0.15) is 12.6 Å². The van der Waals surface area contributed by atoms with Gasteiger partial charge in [-0.05, 0) is 35.7 Å². The topological polar surface area (TPSA) is 91.4 Å². The van der Waals surface area contributed by atoms with Crippen molar-refractivity contribution in [2.45, 2.75) is 26.0 Å². The number of H-pyrrole nitrogens is 1. The zero-order chi connectivity index (χ0) is 19.4. The molecule has 0 radical (unpaired) electrons. The maximum absolute atomic E-state index is 12.0. The van der Waals surface area contributed by atoms with E-state index in [2.05, 4.69) is 10.3 Å². The molecule has 0 saturated heterocycles. The van der Waals surface area contributed by atoms with Crippen LogP contribution in [0, 0.1) is 6.92 Å². The van der Waals surface area contributed by atoms with Gasteiger partial charge in [0, 0.05) is 28.5 Å². The summed E-state index contributed by atoms with van der Waals surface area (Å²) in [6.45, 7) is 1.88. The van der Waals surface area contributed by atoms with Crippen molar-refractivity contribution >= 4 is 34.6 Å². The molecule has 1 aromatic heterocycles. The highest BCUT2D eigenvalue weighted by atomic mass is 35.5. The van der Waals surface area contributed by atoms with E-state index in [-0.39, 0.29) is 13.0 Å². The van der Waals surface area contributed by atoms with Gasteiger partial charge in [0.15, 0.2) is 0 Å². The van der Waals surface area contributed by atoms with Crippen molar-refractivity contribution in [2.75, 3.05) is 0 Å². The zero-order valence-electron chi connectivity index (χ0n) is 14.7. The van der Waals surface area contributed by atoms with Crippen LogP contribution in [0.5, 0.6) is 0 Å². The van der Waals surface area contributed by atoms with Gasteiger partial charge in [-0.2, -0.15) is 0 Å². The number of aromatic nitrogens is 1. The summed E-state index contributed by atoms with van der Waals surface area (Å²) >= 11 is 6.05. The van der Waals surface area contributed by atoms with Crippen molar-refractivity contribution < 1.29 is 19.4 Å². The van der Waals surface area contributed by atoms with Crippen LogP contribution in [-0.4, -0.2) is 28.2 Å². The summed E-state index contributed by atoms with van der Waals surface area (Å²) in [5, 5.41) is 13.4. The average molecular weight is 387 g/mol. The number of aryl methyl sites for hydroxylation is 1. The highest BCUT2D eigenvalue weighted by molar-refractivity contribution is 6.31. The van der Waals surface area contributed by atoms with E-state index in [0.29, 0.717) is 5.02 Å². The molecule has 0 aliphatic rings. The van der Waals surface area contributed by atoms with E-state index in [4.69, 9.17) is 16.3 Å². The molecule has 1 atom stereocenters. The van der Waals surface area contributed by atoms with Gasteiger partial charge in [-0.25, -0.2) is 9.59 Å². The van der Waals surface area contributed by atoms with E-state index in [1.807, 2.05) is 37.3 Å². The Balaban J connectivity index is 1.62. The van der Waals surface area contributed by atoms with Gasteiger partial charge in [-0.3, -0.25) is 0 Å². The fourth-order valence-corrected chi connectivity index (χ4v) is 2.98. The molecule has 0 unspecified atom stereocenters. The summed E-state index contributed by atoms with van der Waals surface area (Å²) in [6, 6.07) is 11.8. The van der Waals surface area contributed by atoms with E-state index in [0.717, 1.165) is 27.6 Å². The minimum absolute atomic E-state index is 0.00522. The number of para-hydroxylation sites is 1. The van der Waals surface area contributed by atoms with Crippen LogP contribution in [0.15, 0.2) is 48.7 Å². The summed E-state index contributed by atoms with van der Waals surface area (Å²) in [7, 11) is 0. The molecule has 0 bridgehead atoms. The molecule has 3 N–H and O–H groups in total. The third kappa shape index (κ3) is 4.60. The number of nitrogens with one attached hydrogen (secondary N) is 2. The Hall–Kier alpha value is -2.99. The molecule has 1 heterocycles. The van der Waals surface area contributed by atoms with Gasteiger partial charge in [-0.1, -0.05) is 41.9 Å². The quantitative estimate of drug-likeness (QED) is 0.596. The number of carboxylic acids is 1. The summed E-state index contributed by atoms with van der Waals surface area (Å²) in [4.78, 5) is 26.7. The summed E-state index contributed by atoms with van der Waals surface area (Å²) in [5.74, 6) is -1.13. The largest absolute Gasteiger partial charge is 0.480 e. The highest BCUT2D eigenvalue weighted by Gasteiger charge is 2.22. The third-order valence-electron chi connectivity index (χ3n) is 4.30. The Morgan fingerprint density at radius 2 is 2.04 bits per heavy atom. The van der Waals surface area contributed by atoms with Crippen molar-refractivity contribution in [3.63, 3.8) is 0 Å². The number of ether oxygens (including phenoxy) is 1. The number of amides is 1. The smallest absolute Gasteiger partial charge is 0.408 e. The number of halogens is 1. The Morgan fingerprint density at radius 3 is 2.78 bits per heavy atom. The number of carbonyl (C=O) groups excluding carboxylic acids is 1. The number of aromatic amines is 1. The average Bonchev–Trinajstić information content (AvgIpc) is 3.05. The van der Waals surface area contributed by atoms with Gasteiger partial charge >= 0.3 is 12.1 Å². The molecule has 0 fully saturated rings. The predicted molar refractivity (Wildman–Crippen MR) is 103 cm³/mol. The standard InChI is InChI=1S/C20H19ClN2O4/c1-12-6-7-13(8-16(12)21)11-27-20(26)23-18(19(24)25)9-14-10-22-17-5-3-2-4-15(14)17/h2-8,10,18,22H,9,11H2,1H3,(H,23,26)(H,24,25)/t18-/m0/s1. The van der Waals surface area contributed by atoms with Crippen LogP contribution >= 0.6 is 11.6 Å². The Morgan fingerprint density at radius 1 is 1.26 bits per heavy atom. The molecule has 140 valence electrons. The predicted octanol–water partition coefficient (Wildman–Crippen LogP) is 4.05. The van der Waals surface area contributed by atoms with E-state index in [1.54, 1.807) is 18.3 Å². The van der Waals surface area contributed by atoms with Gasteiger partial charge in [0.25, 0.3) is 0 Å². The van der Waals surface area contributed by atoms with Crippen LogP contribution in [0.3, 0.4) is 0 Å². The van der Waals surface area contributed by atoms with Crippen molar-refractivity contribution in [1.29, 1.82) is 0 Å². The fraction of sp³-hybridized carbons (Fsp3) is 0.200. The Bertz CT molecular complexity index is 983. The number of alkyl carbamates (subject to hydrolysis) is 1. The second kappa shape index (κ2) is 8.14. The lowest BCUT2D eigenvalue weighted by Crippen LogP contribution is -2.42. The molecule has 27 heavy (non-hydrogen) atoms. The van der Waals surface area contributed by atoms with Crippen molar-refractivity contribution in [3.05, 3.63) is 70.4 Å². The molecular formula is C20H19ClN2O4. The number of aliphatic carboxylic acids is 1. The lowest BCUT2D eigenvalue weighted by Gasteiger charge is -2.14. The Labute approximate surface area is 161 Å². The molecule has 1 amide bonds. The van der Waals surface area contributed by atoms with Crippen molar-refractivity contribution in [1.82, 2.24) is 10.3 Å². The van der Waals surface area contributed by atoms with Crippen LogP contribution in [0.1, 0.15) is 16.7 Å². The molecule has 0 spiro atoms. The lowest BCUT2D eigenvalue weighted by atomic mass is 10.1. The normalized spacial score (nSPS) is 11.9. The van der Waals surface area contributed by atoms with E-state index in [9.17, 15) is 14.7 Å². The van der Waals surface area contributed by atoms with E-state index < -0.39 is 18.1 Å². The van der Waals surface area contributed by atoms with Crippen LogP contribution in [0.2, 0.25) is 5.02 Å². The molecule has 0 saturated carbocycles. The first kappa shape index (κ1) is 18.8. The minimum atomic E-state index is -1.13. The van der Waals surface area contributed by atoms with Gasteiger partial charge in [0.05, 0.1) is 0 Å². The van der Waals surface area contributed by atoms with E-state index in [1.165, 1.54) is 0 Å². The number of hydrogen-bond acceptors (Lipinski definition) is 3. The lowest BCUT2D eigenvalue weighted by molar-refractivity contribution is -0.139. The molecule has 6 nitrogen and oxygen atoms in total. The Kier molecular flexibility index (Phi) is 5.66. The monoisotopic (exact) mass is 386 g/mol. The van der Waals surface area contributed by atoms with Gasteiger partial charge in [0.2, 0.25) is 0 Å². The number of benzene rings is 2. The number of carboxylic acid groups (broad SMARTS) is 1.